The summed E-state index contributed by atoms with van der Waals surface area (Å²) in [5, 5.41) is 4.29. The van der Waals surface area contributed by atoms with E-state index >= 15 is 0 Å². The zero-order valence-electron chi connectivity index (χ0n) is 14.6. The molecule has 2 rings (SSSR count). The minimum atomic E-state index is -3.47. The molecule has 0 saturated carbocycles. The van der Waals surface area contributed by atoms with Crippen molar-refractivity contribution in [2.24, 2.45) is 0 Å². The van der Waals surface area contributed by atoms with Crippen LogP contribution in [0.15, 0.2) is 42.5 Å². The number of benzene rings is 2. The molecule has 0 unspecified atom stereocenters. The van der Waals surface area contributed by atoms with E-state index in [4.69, 9.17) is 34.8 Å². The number of nitrogens with zero attached hydrogens (tertiary/aromatic N) is 1. The Balaban J connectivity index is 1.88. The number of rotatable bonds is 8. The summed E-state index contributed by atoms with van der Waals surface area (Å²) in [5.41, 5.74) is 1.27. The van der Waals surface area contributed by atoms with E-state index in [9.17, 15) is 13.2 Å². The highest BCUT2D eigenvalue weighted by atomic mass is 35.5. The number of carbonyl (C=O) groups is 1. The maximum atomic E-state index is 12.0. The Morgan fingerprint density at radius 2 is 1.67 bits per heavy atom. The third-order valence-electron chi connectivity index (χ3n) is 3.77. The van der Waals surface area contributed by atoms with Crippen LogP contribution >= 0.6 is 34.8 Å². The van der Waals surface area contributed by atoms with Gasteiger partial charge in [-0.2, -0.15) is 0 Å². The van der Waals surface area contributed by atoms with Crippen molar-refractivity contribution in [2.75, 3.05) is 17.1 Å². The fourth-order valence-electron chi connectivity index (χ4n) is 2.42. The van der Waals surface area contributed by atoms with Gasteiger partial charge < -0.3 is 5.32 Å². The zero-order chi connectivity index (χ0) is 20.0. The largest absolute Gasteiger partial charge is 0.352 e. The van der Waals surface area contributed by atoms with Gasteiger partial charge in [0.2, 0.25) is 15.9 Å². The van der Waals surface area contributed by atoms with Gasteiger partial charge in [-0.1, -0.05) is 40.9 Å². The minimum Gasteiger partial charge on any atom is -0.352 e. The van der Waals surface area contributed by atoms with Crippen molar-refractivity contribution >= 4 is 56.4 Å². The minimum absolute atomic E-state index is 0.185. The molecule has 0 heterocycles. The Kier molecular flexibility index (Phi) is 7.79. The van der Waals surface area contributed by atoms with Gasteiger partial charge in [-0.05, 0) is 48.4 Å². The normalized spacial score (nSPS) is 11.3. The van der Waals surface area contributed by atoms with E-state index in [1.165, 1.54) is 4.31 Å². The molecule has 0 aliphatic heterocycles. The summed E-state index contributed by atoms with van der Waals surface area (Å²) >= 11 is 17.8. The van der Waals surface area contributed by atoms with Crippen LogP contribution < -0.4 is 9.62 Å². The predicted molar refractivity (Wildman–Crippen MR) is 111 cm³/mol. The molecule has 0 aliphatic rings. The molecule has 0 atom stereocenters. The van der Waals surface area contributed by atoms with E-state index in [-0.39, 0.29) is 25.4 Å². The summed E-state index contributed by atoms with van der Waals surface area (Å²) in [5.74, 6) is -0.189. The summed E-state index contributed by atoms with van der Waals surface area (Å²) in [4.78, 5) is 12.0. The van der Waals surface area contributed by atoms with Crippen LogP contribution in [0.4, 0.5) is 5.69 Å². The molecular formula is C18H19Cl3N2O3S. The molecule has 1 N–H and O–H groups in total. The standard InChI is InChI=1S/C18H19Cl3N2O3S/c1-27(25,26)23(16-8-6-14(19)7-9-16)10-2-3-18(24)22-12-13-4-5-15(20)11-17(13)21/h4-9,11H,2-3,10,12H2,1H3,(H,22,24). The van der Waals surface area contributed by atoms with E-state index < -0.39 is 10.0 Å². The van der Waals surface area contributed by atoms with Crippen LogP contribution in [-0.4, -0.2) is 27.1 Å². The number of nitrogens with one attached hydrogen (secondary N) is 1. The highest BCUT2D eigenvalue weighted by Crippen LogP contribution is 2.22. The molecule has 5 nitrogen and oxygen atoms in total. The van der Waals surface area contributed by atoms with Gasteiger partial charge in [-0.15, -0.1) is 0 Å². The molecule has 2 aromatic carbocycles. The average molecular weight is 450 g/mol. The fourth-order valence-corrected chi connectivity index (χ4v) is 3.99. The molecule has 0 radical (unpaired) electrons. The van der Waals surface area contributed by atoms with Crippen molar-refractivity contribution < 1.29 is 13.2 Å². The topological polar surface area (TPSA) is 66.5 Å². The molecule has 146 valence electrons. The number of halogens is 3. The maximum absolute atomic E-state index is 12.0. The van der Waals surface area contributed by atoms with Gasteiger partial charge in [0.05, 0.1) is 11.9 Å². The molecular weight excluding hydrogens is 431 g/mol. The first-order chi connectivity index (χ1) is 12.7. The fraction of sp³-hybridized carbons (Fsp3) is 0.278. The molecule has 0 aromatic heterocycles. The van der Waals surface area contributed by atoms with Crippen LogP contribution in [0.25, 0.3) is 0 Å². The number of hydrogen-bond donors (Lipinski definition) is 1. The molecule has 0 bridgehead atoms. The first-order valence-corrected chi connectivity index (χ1v) is 11.1. The lowest BCUT2D eigenvalue weighted by atomic mass is 10.2. The predicted octanol–water partition coefficient (Wildman–Crippen LogP) is 4.51. The van der Waals surface area contributed by atoms with Crippen LogP contribution in [0.2, 0.25) is 15.1 Å². The lowest BCUT2D eigenvalue weighted by molar-refractivity contribution is -0.121. The van der Waals surface area contributed by atoms with Crippen molar-refractivity contribution in [1.82, 2.24) is 5.32 Å². The number of anilines is 1. The second kappa shape index (κ2) is 9.64. The molecule has 27 heavy (non-hydrogen) atoms. The maximum Gasteiger partial charge on any atom is 0.232 e. The van der Waals surface area contributed by atoms with Crippen LogP contribution in [0.3, 0.4) is 0 Å². The molecule has 1 amide bonds. The number of sulfonamides is 1. The SMILES string of the molecule is CS(=O)(=O)N(CCCC(=O)NCc1ccc(Cl)cc1Cl)c1ccc(Cl)cc1. The average Bonchev–Trinajstić information content (AvgIpc) is 2.58. The number of carbonyl (C=O) groups excluding carboxylic acids is 1. The van der Waals surface area contributed by atoms with Gasteiger partial charge >= 0.3 is 0 Å². The van der Waals surface area contributed by atoms with Gasteiger partial charge in [0.25, 0.3) is 0 Å². The Hall–Kier alpha value is -1.47. The first-order valence-electron chi connectivity index (χ1n) is 8.11. The first kappa shape index (κ1) is 21.8. The quantitative estimate of drug-likeness (QED) is 0.645. The van der Waals surface area contributed by atoms with Crippen LogP contribution in [-0.2, 0) is 21.4 Å². The Labute approximate surface area is 174 Å². The van der Waals surface area contributed by atoms with Crippen molar-refractivity contribution in [1.29, 1.82) is 0 Å². The van der Waals surface area contributed by atoms with E-state index in [1.807, 2.05) is 0 Å². The van der Waals surface area contributed by atoms with Gasteiger partial charge in [-0.25, -0.2) is 8.42 Å². The lowest BCUT2D eigenvalue weighted by Gasteiger charge is -2.22. The summed E-state index contributed by atoms with van der Waals surface area (Å²) in [6, 6.07) is 11.6. The molecule has 0 fully saturated rings. The smallest absolute Gasteiger partial charge is 0.232 e. The second-order valence-corrected chi connectivity index (χ2v) is 9.11. The van der Waals surface area contributed by atoms with Crippen LogP contribution in [0.5, 0.6) is 0 Å². The highest BCUT2D eigenvalue weighted by Gasteiger charge is 2.17. The van der Waals surface area contributed by atoms with Crippen molar-refractivity contribution in [3.8, 4) is 0 Å². The van der Waals surface area contributed by atoms with Gasteiger partial charge in [0, 0.05) is 34.6 Å². The summed E-state index contributed by atoms with van der Waals surface area (Å²) in [6.45, 7) is 0.470. The third kappa shape index (κ3) is 6.88. The highest BCUT2D eigenvalue weighted by molar-refractivity contribution is 7.92. The van der Waals surface area contributed by atoms with Crippen molar-refractivity contribution in [3.05, 3.63) is 63.1 Å². The Morgan fingerprint density at radius 3 is 2.26 bits per heavy atom. The van der Waals surface area contributed by atoms with E-state index in [0.29, 0.717) is 27.2 Å². The van der Waals surface area contributed by atoms with Gasteiger partial charge in [0.1, 0.15) is 0 Å². The van der Waals surface area contributed by atoms with E-state index in [2.05, 4.69) is 5.32 Å². The van der Waals surface area contributed by atoms with E-state index in [0.717, 1.165) is 11.8 Å². The number of amides is 1. The van der Waals surface area contributed by atoms with Crippen LogP contribution in [0, 0.1) is 0 Å². The monoisotopic (exact) mass is 448 g/mol. The van der Waals surface area contributed by atoms with E-state index in [1.54, 1.807) is 42.5 Å². The molecule has 0 aliphatic carbocycles. The van der Waals surface area contributed by atoms with Crippen molar-refractivity contribution in [3.63, 3.8) is 0 Å². The number of hydrogen-bond acceptors (Lipinski definition) is 3. The zero-order valence-corrected chi connectivity index (χ0v) is 17.7. The van der Waals surface area contributed by atoms with Crippen molar-refractivity contribution in [2.45, 2.75) is 19.4 Å². The molecule has 0 spiro atoms. The summed E-state index contributed by atoms with van der Waals surface area (Å²) < 4.78 is 25.3. The molecule has 2 aromatic rings. The summed E-state index contributed by atoms with van der Waals surface area (Å²) in [7, 11) is -3.47. The second-order valence-electron chi connectivity index (χ2n) is 5.93. The Bertz CT molecular complexity index is 903. The third-order valence-corrected chi connectivity index (χ3v) is 5.80. The Morgan fingerprint density at radius 1 is 1.04 bits per heavy atom. The van der Waals surface area contributed by atoms with Gasteiger partial charge in [-0.3, -0.25) is 9.10 Å². The molecule has 9 heteroatoms. The molecule has 0 saturated heterocycles. The summed E-state index contributed by atoms with van der Waals surface area (Å²) in [6.07, 6.45) is 1.69. The van der Waals surface area contributed by atoms with Crippen LogP contribution in [0.1, 0.15) is 18.4 Å². The lowest BCUT2D eigenvalue weighted by Crippen LogP contribution is -2.32. The van der Waals surface area contributed by atoms with Gasteiger partial charge in [0.15, 0.2) is 0 Å².